The highest BCUT2D eigenvalue weighted by atomic mass is 14.9. The first-order chi connectivity index (χ1) is 28.5. The molecule has 0 atom stereocenters. The van der Waals surface area contributed by atoms with E-state index < -0.39 is 5.41 Å². The lowest BCUT2D eigenvalue weighted by Gasteiger charge is -2.46. The standard InChI is InChI=1S/C56H40N2/c1-55(2)46-29-11-13-31-48(46)56(49-32-14-12-30-47(49)55)45-28-10-9-26-44(45)53-43(27-17-33-50(53)56)41-24-15-22-39(34-41)40-23-16-25-42(35-40)54-57-51(37-18-5-3-6-19-37)36-52(58-54)38-20-7-4-8-21-38/h3-36H,1-2H3. The highest BCUT2D eigenvalue weighted by molar-refractivity contribution is 5.97. The van der Waals surface area contributed by atoms with Gasteiger partial charge in [-0.2, -0.15) is 0 Å². The van der Waals surface area contributed by atoms with Crippen LogP contribution in [0, 0.1) is 0 Å². The second kappa shape index (κ2) is 13.2. The van der Waals surface area contributed by atoms with Crippen LogP contribution < -0.4 is 0 Å². The third kappa shape index (κ3) is 5.11. The minimum absolute atomic E-state index is 0.131. The Morgan fingerprint density at radius 3 is 1.33 bits per heavy atom. The van der Waals surface area contributed by atoms with E-state index in [1.54, 1.807) is 0 Å². The maximum absolute atomic E-state index is 5.13. The van der Waals surface area contributed by atoms with E-state index in [9.17, 15) is 0 Å². The molecule has 2 aliphatic rings. The molecule has 0 saturated carbocycles. The summed E-state index contributed by atoms with van der Waals surface area (Å²) in [6.45, 7) is 4.76. The van der Waals surface area contributed by atoms with Crippen molar-refractivity contribution < 1.29 is 0 Å². The first-order valence-corrected chi connectivity index (χ1v) is 20.2. The van der Waals surface area contributed by atoms with Crippen LogP contribution in [0.2, 0.25) is 0 Å². The SMILES string of the molecule is CC1(C)c2ccccc2C2(c3ccccc3-c3c(-c4cccc(-c5cccc(-c6nc(-c7ccccc7)cc(-c7ccccc7)n6)c5)c4)cccc32)c2ccccc21. The van der Waals surface area contributed by atoms with Crippen LogP contribution in [0.3, 0.4) is 0 Å². The summed E-state index contributed by atoms with van der Waals surface area (Å²) in [6.07, 6.45) is 0. The Hall–Kier alpha value is -7.16. The zero-order valence-corrected chi connectivity index (χ0v) is 32.5. The molecule has 2 nitrogen and oxygen atoms in total. The van der Waals surface area contributed by atoms with Crippen molar-refractivity contribution in [3.05, 3.63) is 240 Å². The fraction of sp³-hybridized carbons (Fsp3) is 0.0714. The zero-order chi connectivity index (χ0) is 38.8. The summed E-state index contributed by atoms with van der Waals surface area (Å²) in [5, 5.41) is 0. The molecule has 2 heteroatoms. The zero-order valence-electron chi connectivity index (χ0n) is 32.5. The lowest BCUT2D eigenvalue weighted by molar-refractivity contribution is 0.563. The van der Waals surface area contributed by atoms with Gasteiger partial charge in [-0.1, -0.05) is 202 Å². The van der Waals surface area contributed by atoms with Crippen molar-refractivity contribution in [2.75, 3.05) is 0 Å². The van der Waals surface area contributed by atoms with Crippen LogP contribution in [0.4, 0.5) is 0 Å². The Labute approximate surface area is 340 Å². The third-order valence-corrected chi connectivity index (χ3v) is 12.6. The summed E-state index contributed by atoms with van der Waals surface area (Å²) in [6, 6.07) is 74.9. The van der Waals surface area contributed by atoms with Crippen LogP contribution in [0.15, 0.2) is 206 Å². The van der Waals surface area contributed by atoms with E-state index >= 15 is 0 Å². The Bertz CT molecular complexity index is 2920. The number of hydrogen-bond acceptors (Lipinski definition) is 2. The second-order valence-electron chi connectivity index (χ2n) is 16.1. The van der Waals surface area contributed by atoms with Gasteiger partial charge in [0.25, 0.3) is 0 Å². The molecule has 2 aliphatic carbocycles. The van der Waals surface area contributed by atoms with Crippen LogP contribution in [0.5, 0.6) is 0 Å². The average Bonchev–Trinajstić information content (AvgIpc) is 3.60. The Kier molecular flexibility index (Phi) is 7.78. The molecule has 58 heavy (non-hydrogen) atoms. The fourth-order valence-corrected chi connectivity index (χ4v) is 9.94. The van der Waals surface area contributed by atoms with E-state index in [1.165, 1.54) is 55.6 Å². The average molecular weight is 741 g/mol. The first kappa shape index (κ1) is 34.1. The van der Waals surface area contributed by atoms with Gasteiger partial charge in [0.15, 0.2) is 5.82 Å². The minimum Gasteiger partial charge on any atom is -0.228 e. The van der Waals surface area contributed by atoms with Gasteiger partial charge in [-0.05, 0) is 85.0 Å². The smallest absolute Gasteiger partial charge is 0.160 e. The maximum Gasteiger partial charge on any atom is 0.160 e. The van der Waals surface area contributed by atoms with Crippen molar-refractivity contribution in [2.45, 2.75) is 24.7 Å². The number of hydrogen-bond donors (Lipinski definition) is 0. The van der Waals surface area contributed by atoms with Gasteiger partial charge >= 0.3 is 0 Å². The van der Waals surface area contributed by atoms with Gasteiger partial charge in [0.2, 0.25) is 0 Å². The molecule has 0 saturated heterocycles. The van der Waals surface area contributed by atoms with E-state index in [2.05, 4.69) is 208 Å². The van der Waals surface area contributed by atoms with Gasteiger partial charge in [-0.3, -0.25) is 0 Å². The molecular weight excluding hydrogens is 701 g/mol. The number of aromatic nitrogens is 2. The molecule has 1 heterocycles. The monoisotopic (exact) mass is 740 g/mol. The van der Waals surface area contributed by atoms with E-state index in [-0.39, 0.29) is 5.41 Å². The third-order valence-electron chi connectivity index (χ3n) is 12.6. The molecule has 8 aromatic carbocycles. The normalized spacial score (nSPS) is 14.0. The minimum atomic E-state index is -0.427. The number of fused-ring (bicyclic) bond motifs is 9. The van der Waals surface area contributed by atoms with E-state index in [1.807, 2.05) is 12.1 Å². The summed E-state index contributed by atoms with van der Waals surface area (Å²) in [5.74, 6) is 0.706. The van der Waals surface area contributed by atoms with Gasteiger partial charge in [0.1, 0.15) is 0 Å². The molecule has 0 aliphatic heterocycles. The van der Waals surface area contributed by atoms with E-state index in [0.717, 1.165) is 39.2 Å². The van der Waals surface area contributed by atoms with Gasteiger partial charge in [-0.15, -0.1) is 0 Å². The van der Waals surface area contributed by atoms with Crippen LogP contribution in [0.25, 0.3) is 67.3 Å². The highest BCUT2D eigenvalue weighted by Gasteiger charge is 2.53. The molecule has 1 aromatic heterocycles. The Morgan fingerprint density at radius 2 is 0.724 bits per heavy atom. The largest absolute Gasteiger partial charge is 0.228 e. The van der Waals surface area contributed by atoms with Gasteiger partial charge < -0.3 is 0 Å². The molecule has 0 amide bonds. The van der Waals surface area contributed by atoms with Crippen molar-refractivity contribution >= 4 is 0 Å². The molecule has 0 bridgehead atoms. The Morgan fingerprint density at radius 1 is 0.310 bits per heavy atom. The molecule has 274 valence electrons. The van der Waals surface area contributed by atoms with E-state index in [0.29, 0.717) is 5.82 Å². The van der Waals surface area contributed by atoms with Crippen LogP contribution in [0.1, 0.15) is 47.2 Å². The maximum atomic E-state index is 5.13. The lowest BCUT2D eigenvalue weighted by Crippen LogP contribution is -2.40. The number of rotatable bonds is 5. The van der Waals surface area contributed by atoms with Crippen molar-refractivity contribution in [1.29, 1.82) is 0 Å². The van der Waals surface area contributed by atoms with Crippen molar-refractivity contribution in [1.82, 2.24) is 9.97 Å². The first-order valence-electron chi connectivity index (χ1n) is 20.2. The molecule has 0 fully saturated rings. The summed E-state index contributed by atoms with van der Waals surface area (Å²) in [4.78, 5) is 10.3. The van der Waals surface area contributed by atoms with E-state index in [4.69, 9.17) is 9.97 Å². The Balaban J connectivity index is 1.06. The van der Waals surface area contributed by atoms with Crippen molar-refractivity contribution in [3.8, 4) is 67.3 Å². The summed E-state index contributed by atoms with van der Waals surface area (Å²) >= 11 is 0. The highest BCUT2D eigenvalue weighted by Crippen LogP contribution is 2.63. The predicted molar refractivity (Wildman–Crippen MR) is 239 cm³/mol. The molecule has 0 unspecified atom stereocenters. The lowest BCUT2D eigenvalue weighted by atomic mass is 9.55. The summed E-state index contributed by atoms with van der Waals surface area (Å²) in [7, 11) is 0. The number of nitrogens with zero attached hydrogens (tertiary/aromatic N) is 2. The van der Waals surface area contributed by atoms with Gasteiger partial charge in [0, 0.05) is 22.1 Å². The topological polar surface area (TPSA) is 25.8 Å². The molecule has 9 aromatic rings. The van der Waals surface area contributed by atoms with Crippen LogP contribution in [-0.2, 0) is 10.8 Å². The molecule has 0 radical (unpaired) electrons. The van der Waals surface area contributed by atoms with Crippen molar-refractivity contribution in [2.24, 2.45) is 0 Å². The number of benzene rings is 8. The summed E-state index contributed by atoms with van der Waals surface area (Å²) < 4.78 is 0. The second-order valence-corrected chi connectivity index (χ2v) is 16.1. The van der Waals surface area contributed by atoms with Crippen LogP contribution in [-0.4, -0.2) is 9.97 Å². The molecule has 11 rings (SSSR count). The van der Waals surface area contributed by atoms with Gasteiger partial charge in [-0.25, -0.2) is 9.97 Å². The van der Waals surface area contributed by atoms with Crippen molar-refractivity contribution in [3.63, 3.8) is 0 Å². The molecular formula is C56H40N2. The summed E-state index contributed by atoms with van der Waals surface area (Å²) in [5.41, 5.74) is 19.9. The molecule has 1 spiro atoms. The predicted octanol–water partition coefficient (Wildman–Crippen LogP) is 13.8. The van der Waals surface area contributed by atoms with Gasteiger partial charge in [0.05, 0.1) is 16.8 Å². The molecule has 0 N–H and O–H groups in total. The van der Waals surface area contributed by atoms with Crippen LogP contribution >= 0.6 is 0 Å². The quantitative estimate of drug-likeness (QED) is 0.176. The fourth-order valence-electron chi connectivity index (χ4n) is 9.94.